The third kappa shape index (κ3) is 3.94. The van der Waals surface area contributed by atoms with Gasteiger partial charge in [0.1, 0.15) is 6.54 Å². The van der Waals surface area contributed by atoms with Crippen molar-refractivity contribution in [2.75, 3.05) is 13.1 Å². The molecule has 1 heterocycles. The minimum atomic E-state index is -0.0265. The fourth-order valence-corrected chi connectivity index (χ4v) is 3.73. The van der Waals surface area contributed by atoms with E-state index < -0.39 is 0 Å². The van der Waals surface area contributed by atoms with Crippen molar-refractivity contribution in [3.63, 3.8) is 0 Å². The van der Waals surface area contributed by atoms with Crippen LogP contribution in [0.25, 0.3) is 10.8 Å². The van der Waals surface area contributed by atoms with E-state index in [2.05, 4.69) is 35.6 Å². The van der Waals surface area contributed by atoms with Gasteiger partial charge in [-0.25, -0.2) is 0 Å². The van der Waals surface area contributed by atoms with Crippen molar-refractivity contribution in [1.29, 1.82) is 0 Å². The summed E-state index contributed by atoms with van der Waals surface area (Å²) in [6.07, 6.45) is 2.71. The highest BCUT2D eigenvalue weighted by Gasteiger charge is 2.15. The Balaban J connectivity index is 1.35. The van der Waals surface area contributed by atoms with Gasteiger partial charge in [0.2, 0.25) is 0 Å². The first kappa shape index (κ1) is 16.8. The lowest BCUT2D eigenvalue weighted by molar-refractivity contribution is -0.901. The van der Waals surface area contributed by atoms with Crippen LogP contribution in [0, 0.1) is 0 Å². The average Bonchev–Trinajstić information content (AvgIpc) is 3.20. The number of carbonyl (C=O) groups excluding carboxylic acids is 1. The molecule has 3 heteroatoms. The number of rotatable bonds is 5. The molecule has 1 saturated heterocycles. The number of fused-ring (bicyclic) bond motifs is 1. The van der Waals surface area contributed by atoms with E-state index in [-0.39, 0.29) is 5.91 Å². The molecule has 4 rings (SSSR count). The second-order valence-electron chi connectivity index (χ2n) is 7.19. The van der Waals surface area contributed by atoms with Crippen LogP contribution in [0.2, 0.25) is 0 Å². The highest BCUT2D eigenvalue weighted by atomic mass is 16.1. The van der Waals surface area contributed by atoms with Crippen LogP contribution in [0.3, 0.4) is 0 Å². The van der Waals surface area contributed by atoms with E-state index in [9.17, 15) is 4.79 Å². The molecule has 3 aromatic rings. The minimum Gasteiger partial charge on any atom is -0.348 e. The summed E-state index contributed by atoms with van der Waals surface area (Å²) in [5.74, 6) is -0.0265. The summed E-state index contributed by atoms with van der Waals surface area (Å²) < 4.78 is 0. The van der Waals surface area contributed by atoms with Crippen molar-refractivity contribution in [3.8, 4) is 0 Å². The SMILES string of the molecule is O=C(NCc1ccc(C[NH+]2CCCC2)cc1)c1ccc2ccccc2c1. The predicted octanol–water partition coefficient (Wildman–Crippen LogP) is 2.95. The summed E-state index contributed by atoms with van der Waals surface area (Å²) in [6, 6.07) is 22.6. The molecule has 26 heavy (non-hydrogen) atoms. The Labute approximate surface area is 154 Å². The molecule has 1 amide bonds. The first-order valence-electron chi connectivity index (χ1n) is 9.46. The van der Waals surface area contributed by atoms with Gasteiger partial charge in [-0.1, -0.05) is 54.6 Å². The average molecular weight is 345 g/mol. The van der Waals surface area contributed by atoms with Crippen LogP contribution < -0.4 is 10.2 Å². The quantitative estimate of drug-likeness (QED) is 0.732. The fraction of sp³-hybridized carbons (Fsp3) is 0.261. The van der Waals surface area contributed by atoms with E-state index in [4.69, 9.17) is 0 Å². The Kier molecular flexibility index (Phi) is 4.98. The number of hydrogen-bond acceptors (Lipinski definition) is 1. The molecule has 0 unspecified atom stereocenters. The number of hydrogen-bond donors (Lipinski definition) is 2. The summed E-state index contributed by atoms with van der Waals surface area (Å²) in [7, 11) is 0. The zero-order valence-electron chi connectivity index (χ0n) is 15.0. The maximum absolute atomic E-state index is 12.4. The van der Waals surface area contributed by atoms with Gasteiger partial charge in [0.05, 0.1) is 13.1 Å². The van der Waals surface area contributed by atoms with Crippen molar-refractivity contribution in [2.24, 2.45) is 0 Å². The van der Waals surface area contributed by atoms with Crippen LogP contribution >= 0.6 is 0 Å². The number of amides is 1. The number of benzene rings is 3. The standard InChI is InChI=1S/C23H24N2O/c26-23(22-12-11-20-5-1-2-6-21(20)15-22)24-16-18-7-9-19(10-8-18)17-25-13-3-4-14-25/h1-2,5-12,15H,3-4,13-14,16-17H2,(H,24,26)/p+1. The van der Waals surface area contributed by atoms with Crippen molar-refractivity contribution in [2.45, 2.75) is 25.9 Å². The van der Waals surface area contributed by atoms with Gasteiger partial charge in [-0.15, -0.1) is 0 Å². The molecule has 0 radical (unpaired) electrons. The number of carbonyl (C=O) groups is 1. The van der Waals surface area contributed by atoms with Crippen LogP contribution in [0.1, 0.15) is 34.3 Å². The molecular formula is C23H25N2O+. The van der Waals surface area contributed by atoms with Gasteiger partial charge in [0.25, 0.3) is 5.91 Å². The molecule has 0 aromatic heterocycles. The zero-order chi connectivity index (χ0) is 17.8. The van der Waals surface area contributed by atoms with E-state index in [1.807, 2.05) is 36.4 Å². The number of likely N-dealkylation sites (tertiary alicyclic amines) is 1. The third-order valence-electron chi connectivity index (χ3n) is 5.25. The number of nitrogens with one attached hydrogen (secondary N) is 2. The van der Waals surface area contributed by atoms with E-state index in [1.165, 1.54) is 31.5 Å². The highest BCUT2D eigenvalue weighted by Crippen LogP contribution is 2.15. The topological polar surface area (TPSA) is 33.5 Å². The van der Waals surface area contributed by atoms with Gasteiger partial charge in [-0.2, -0.15) is 0 Å². The van der Waals surface area contributed by atoms with Gasteiger partial charge < -0.3 is 10.2 Å². The summed E-state index contributed by atoms with van der Waals surface area (Å²) in [6.45, 7) is 4.26. The van der Waals surface area contributed by atoms with Gasteiger partial charge in [-0.3, -0.25) is 4.79 Å². The maximum Gasteiger partial charge on any atom is 0.251 e. The molecule has 3 nitrogen and oxygen atoms in total. The molecule has 0 spiro atoms. The van der Waals surface area contributed by atoms with E-state index in [0.717, 1.165) is 22.9 Å². The Morgan fingerprint density at radius 2 is 1.54 bits per heavy atom. The molecule has 1 aliphatic heterocycles. The van der Waals surface area contributed by atoms with Crippen LogP contribution in [0.5, 0.6) is 0 Å². The molecule has 0 bridgehead atoms. The van der Waals surface area contributed by atoms with Gasteiger partial charge >= 0.3 is 0 Å². The normalized spacial score (nSPS) is 14.6. The lowest BCUT2D eigenvalue weighted by atomic mass is 10.1. The summed E-state index contributed by atoms with van der Waals surface area (Å²) in [4.78, 5) is 14.1. The Morgan fingerprint density at radius 1 is 0.846 bits per heavy atom. The molecule has 0 aliphatic carbocycles. The molecule has 0 saturated carbocycles. The monoisotopic (exact) mass is 345 g/mol. The molecule has 3 aromatic carbocycles. The minimum absolute atomic E-state index is 0.0265. The molecule has 2 N–H and O–H groups in total. The molecular weight excluding hydrogens is 320 g/mol. The molecule has 0 atom stereocenters. The van der Waals surface area contributed by atoms with E-state index >= 15 is 0 Å². The fourth-order valence-electron chi connectivity index (χ4n) is 3.73. The van der Waals surface area contributed by atoms with E-state index in [1.54, 1.807) is 4.90 Å². The smallest absolute Gasteiger partial charge is 0.251 e. The second-order valence-corrected chi connectivity index (χ2v) is 7.19. The zero-order valence-corrected chi connectivity index (χ0v) is 15.0. The predicted molar refractivity (Wildman–Crippen MR) is 105 cm³/mol. The summed E-state index contributed by atoms with van der Waals surface area (Å²) >= 11 is 0. The van der Waals surface area contributed by atoms with Crippen molar-refractivity contribution in [3.05, 3.63) is 83.4 Å². The van der Waals surface area contributed by atoms with Gasteiger partial charge in [0, 0.05) is 30.5 Å². The second kappa shape index (κ2) is 7.71. The van der Waals surface area contributed by atoms with Crippen LogP contribution in [0.4, 0.5) is 0 Å². The molecule has 132 valence electrons. The first-order valence-corrected chi connectivity index (χ1v) is 9.46. The molecule has 1 fully saturated rings. The van der Waals surface area contributed by atoms with Crippen LogP contribution in [-0.2, 0) is 13.1 Å². The van der Waals surface area contributed by atoms with Crippen molar-refractivity contribution >= 4 is 16.7 Å². The van der Waals surface area contributed by atoms with Gasteiger partial charge in [-0.05, 0) is 28.5 Å². The largest absolute Gasteiger partial charge is 0.348 e. The Morgan fingerprint density at radius 3 is 2.31 bits per heavy atom. The lowest BCUT2D eigenvalue weighted by Crippen LogP contribution is -3.08. The summed E-state index contributed by atoms with van der Waals surface area (Å²) in [5, 5.41) is 5.27. The van der Waals surface area contributed by atoms with E-state index in [0.29, 0.717) is 12.1 Å². The maximum atomic E-state index is 12.4. The lowest BCUT2D eigenvalue weighted by Gasteiger charge is -2.12. The van der Waals surface area contributed by atoms with Crippen molar-refractivity contribution in [1.82, 2.24) is 5.32 Å². The van der Waals surface area contributed by atoms with Gasteiger partial charge in [0.15, 0.2) is 0 Å². The molecule has 1 aliphatic rings. The van der Waals surface area contributed by atoms with Crippen LogP contribution in [0.15, 0.2) is 66.7 Å². The van der Waals surface area contributed by atoms with Crippen molar-refractivity contribution < 1.29 is 9.69 Å². The summed E-state index contributed by atoms with van der Waals surface area (Å²) in [5.41, 5.74) is 3.23. The first-order chi connectivity index (χ1) is 12.8. The number of quaternary nitrogens is 1. The Bertz CT molecular complexity index is 895. The Hall–Kier alpha value is -2.65. The highest BCUT2D eigenvalue weighted by molar-refractivity contribution is 5.98. The third-order valence-corrected chi connectivity index (χ3v) is 5.25. The van der Waals surface area contributed by atoms with Crippen LogP contribution in [-0.4, -0.2) is 19.0 Å².